The minimum absolute atomic E-state index is 0.547. The van der Waals surface area contributed by atoms with Crippen LogP contribution in [0.15, 0.2) is 152 Å². The van der Waals surface area contributed by atoms with Gasteiger partial charge in [0.1, 0.15) is 0 Å². The van der Waals surface area contributed by atoms with E-state index < -0.39 is 0 Å². The minimum atomic E-state index is 0.547. The molecule has 5 aromatic carbocycles. The van der Waals surface area contributed by atoms with Crippen molar-refractivity contribution in [2.45, 2.75) is 92.3 Å². The van der Waals surface area contributed by atoms with E-state index in [1.807, 2.05) is 0 Å². The van der Waals surface area contributed by atoms with Gasteiger partial charge in [0.05, 0.1) is 17.1 Å². The van der Waals surface area contributed by atoms with Crippen LogP contribution in [0, 0.1) is 0 Å². The number of aromatic nitrogens is 3. The summed E-state index contributed by atoms with van der Waals surface area (Å²) in [5.41, 5.74) is 21.6. The number of benzene rings is 5. The van der Waals surface area contributed by atoms with Crippen LogP contribution in [0.4, 0.5) is 0 Å². The normalized spacial score (nSPS) is 25.9. The summed E-state index contributed by atoms with van der Waals surface area (Å²) in [7, 11) is 0. The van der Waals surface area contributed by atoms with Crippen LogP contribution >= 0.6 is 0 Å². The Labute approximate surface area is 358 Å². The lowest BCUT2D eigenvalue weighted by Gasteiger charge is -2.25. The number of nitrogens with zero attached hydrogens (tertiary/aromatic N) is 3. The summed E-state index contributed by atoms with van der Waals surface area (Å²) in [5, 5.41) is 2.62. The molecule has 0 radical (unpaired) electrons. The monoisotopic (exact) mass is 785 g/mol. The van der Waals surface area contributed by atoms with Crippen molar-refractivity contribution >= 4 is 10.8 Å². The van der Waals surface area contributed by atoms with Crippen LogP contribution in [-0.4, -0.2) is 15.0 Å². The Hall–Kier alpha value is -6.19. The van der Waals surface area contributed by atoms with Crippen LogP contribution in [0.5, 0.6) is 0 Å². The first-order valence-electron chi connectivity index (χ1n) is 22.9. The molecule has 6 aliphatic carbocycles. The molecule has 294 valence electrons. The van der Waals surface area contributed by atoms with Crippen molar-refractivity contribution in [3.05, 3.63) is 197 Å². The molecule has 3 saturated carbocycles. The van der Waals surface area contributed by atoms with E-state index >= 15 is 0 Å². The van der Waals surface area contributed by atoms with Crippen LogP contribution in [-0.2, 0) is 0 Å². The second-order valence-electron chi connectivity index (χ2n) is 19.5. The van der Waals surface area contributed by atoms with Gasteiger partial charge in [0.25, 0.3) is 0 Å². The van der Waals surface area contributed by atoms with E-state index in [1.165, 1.54) is 122 Å². The standard InChI is InChI=1S/C58H47N3/c1-2-4-33(5-3-1)34-6-10-36(11-7-34)57-28-49-45-24-47(52(26-45)55(49)31-60-57)40-16-14-39-21-43(19-15-38(39)20-40)58-29-50-44-23-46(51(25-44)54(50)32-61-58)35-8-12-37(13-9-35)56-27-48-41-17-18-42(22-41)53(48)30-59-56/h1-16,19-21,27-32,41-42,44-47,51-52H,17-18,22-26H2. The van der Waals surface area contributed by atoms with Crippen LogP contribution < -0.4 is 0 Å². The zero-order chi connectivity index (χ0) is 39.8. The van der Waals surface area contributed by atoms with Crippen LogP contribution in [0.2, 0.25) is 0 Å². The number of hydrogen-bond donors (Lipinski definition) is 0. The SMILES string of the molecule is c1ccc(-c2ccc(-c3cc4c(cn3)C3CC4CC3c3ccc4cc(-c5cc6c(cn5)C5CC6CC5c5ccc(-c6cc7c(cn6)C6CCC7C6)cc5)ccc4c3)cc2)cc1. The number of hydrogen-bond acceptors (Lipinski definition) is 3. The summed E-state index contributed by atoms with van der Waals surface area (Å²) in [6.07, 6.45) is 15.6. The van der Waals surface area contributed by atoms with E-state index in [9.17, 15) is 0 Å². The molecule has 3 heterocycles. The molecule has 3 fully saturated rings. The first-order valence-corrected chi connectivity index (χ1v) is 22.9. The summed E-state index contributed by atoms with van der Waals surface area (Å²) in [6, 6.07) is 50.4. The maximum Gasteiger partial charge on any atom is 0.0705 e. The third kappa shape index (κ3) is 5.38. The van der Waals surface area contributed by atoms with Crippen molar-refractivity contribution in [3.63, 3.8) is 0 Å². The number of pyridine rings is 3. The fourth-order valence-corrected chi connectivity index (χ4v) is 13.5. The Morgan fingerprint density at radius 3 is 1.44 bits per heavy atom. The highest BCUT2D eigenvalue weighted by molar-refractivity contribution is 5.88. The molecular weight excluding hydrogens is 739 g/mol. The lowest BCUT2D eigenvalue weighted by molar-refractivity contribution is 0.603. The van der Waals surface area contributed by atoms with Gasteiger partial charge in [-0.2, -0.15) is 0 Å². The summed E-state index contributed by atoms with van der Waals surface area (Å²) in [6.45, 7) is 0. The van der Waals surface area contributed by atoms with Crippen molar-refractivity contribution in [1.82, 2.24) is 15.0 Å². The van der Waals surface area contributed by atoms with Crippen molar-refractivity contribution in [2.24, 2.45) is 0 Å². The third-order valence-electron chi connectivity index (χ3n) is 16.5. The molecule has 6 bridgehead atoms. The molecule has 0 saturated heterocycles. The molecule has 3 aromatic heterocycles. The molecule has 0 aliphatic heterocycles. The topological polar surface area (TPSA) is 38.7 Å². The molecule has 8 atom stereocenters. The Morgan fingerprint density at radius 1 is 0.311 bits per heavy atom. The zero-order valence-corrected chi connectivity index (χ0v) is 34.3. The third-order valence-corrected chi connectivity index (χ3v) is 16.5. The average Bonchev–Trinajstić information content (AvgIpc) is 4.21. The number of fused-ring (bicyclic) bond motifs is 16. The maximum absolute atomic E-state index is 5.13. The molecule has 8 aromatic rings. The lowest BCUT2D eigenvalue weighted by Crippen LogP contribution is -2.10. The Kier molecular flexibility index (Phi) is 7.44. The van der Waals surface area contributed by atoms with Gasteiger partial charge >= 0.3 is 0 Å². The summed E-state index contributed by atoms with van der Waals surface area (Å²) in [4.78, 5) is 15.1. The first kappa shape index (κ1) is 34.5. The van der Waals surface area contributed by atoms with E-state index in [4.69, 9.17) is 15.0 Å². The largest absolute Gasteiger partial charge is 0.256 e. The minimum Gasteiger partial charge on any atom is -0.256 e. The highest BCUT2D eigenvalue weighted by Crippen LogP contribution is 2.61. The summed E-state index contributed by atoms with van der Waals surface area (Å²) in [5.74, 6) is 4.97. The van der Waals surface area contributed by atoms with E-state index in [0.29, 0.717) is 35.5 Å². The molecule has 0 amide bonds. The Bertz CT molecular complexity index is 3060. The fourth-order valence-electron chi connectivity index (χ4n) is 13.5. The number of rotatable bonds is 6. The van der Waals surface area contributed by atoms with E-state index in [-0.39, 0.29) is 0 Å². The van der Waals surface area contributed by atoms with Gasteiger partial charge in [0, 0.05) is 35.3 Å². The average molecular weight is 786 g/mol. The van der Waals surface area contributed by atoms with Crippen molar-refractivity contribution in [1.29, 1.82) is 0 Å². The smallest absolute Gasteiger partial charge is 0.0705 e. The molecular formula is C58H47N3. The van der Waals surface area contributed by atoms with Crippen molar-refractivity contribution in [3.8, 4) is 44.9 Å². The van der Waals surface area contributed by atoms with Gasteiger partial charge in [0.15, 0.2) is 0 Å². The highest BCUT2D eigenvalue weighted by atomic mass is 14.7. The van der Waals surface area contributed by atoms with E-state index in [1.54, 1.807) is 5.56 Å². The van der Waals surface area contributed by atoms with Gasteiger partial charge in [-0.05, 0) is 183 Å². The van der Waals surface area contributed by atoms with Crippen LogP contribution in [0.25, 0.3) is 55.7 Å². The molecule has 3 heteroatoms. The maximum atomic E-state index is 5.13. The summed E-state index contributed by atoms with van der Waals surface area (Å²) >= 11 is 0. The molecule has 0 N–H and O–H groups in total. The van der Waals surface area contributed by atoms with Gasteiger partial charge in [-0.1, -0.05) is 109 Å². The zero-order valence-electron chi connectivity index (χ0n) is 34.3. The molecule has 8 unspecified atom stereocenters. The second kappa shape index (κ2) is 13.2. The van der Waals surface area contributed by atoms with Gasteiger partial charge < -0.3 is 0 Å². The van der Waals surface area contributed by atoms with Crippen molar-refractivity contribution < 1.29 is 0 Å². The lowest BCUT2D eigenvalue weighted by atomic mass is 9.79. The second-order valence-corrected chi connectivity index (χ2v) is 19.5. The molecule has 0 spiro atoms. The van der Waals surface area contributed by atoms with Gasteiger partial charge in [-0.15, -0.1) is 0 Å². The van der Waals surface area contributed by atoms with Gasteiger partial charge in [0.2, 0.25) is 0 Å². The van der Waals surface area contributed by atoms with E-state index in [2.05, 4.69) is 152 Å². The van der Waals surface area contributed by atoms with E-state index in [0.717, 1.165) is 28.9 Å². The molecule has 3 nitrogen and oxygen atoms in total. The molecule has 61 heavy (non-hydrogen) atoms. The summed E-state index contributed by atoms with van der Waals surface area (Å²) < 4.78 is 0. The van der Waals surface area contributed by atoms with Crippen LogP contribution in [0.3, 0.4) is 0 Å². The van der Waals surface area contributed by atoms with Crippen molar-refractivity contribution in [2.75, 3.05) is 0 Å². The highest BCUT2D eigenvalue weighted by Gasteiger charge is 2.46. The van der Waals surface area contributed by atoms with Gasteiger partial charge in [-0.3, -0.25) is 15.0 Å². The molecule has 14 rings (SSSR count). The Morgan fingerprint density at radius 2 is 0.770 bits per heavy atom. The first-order chi connectivity index (χ1) is 30.1. The predicted molar refractivity (Wildman–Crippen MR) is 246 cm³/mol. The van der Waals surface area contributed by atoms with Crippen LogP contribution in [0.1, 0.15) is 137 Å². The fraction of sp³-hybridized carbons (Fsp3) is 0.259. The quantitative estimate of drug-likeness (QED) is 0.169. The molecule has 6 aliphatic rings. The predicted octanol–water partition coefficient (Wildman–Crippen LogP) is 14.6. The van der Waals surface area contributed by atoms with Gasteiger partial charge in [-0.25, -0.2) is 0 Å². The Balaban J connectivity index is 0.672.